The Balaban J connectivity index is 2.99. The second-order valence-electron chi connectivity index (χ2n) is 3.02. The van der Waals surface area contributed by atoms with Crippen LogP contribution in [0, 0.1) is 5.41 Å². The smallest absolute Gasteiger partial charge is 0.122 e. The lowest BCUT2D eigenvalue weighted by Crippen LogP contribution is -2.26. The Morgan fingerprint density at radius 2 is 1.80 bits per heavy atom. The second kappa shape index (κ2) is 4.12. The Bertz CT molecular complexity index is 412. The minimum atomic E-state index is -4.82. The van der Waals surface area contributed by atoms with E-state index in [2.05, 4.69) is 0 Å². The quantitative estimate of drug-likeness (QED) is 0.339. The summed E-state index contributed by atoms with van der Waals surface area (Å²) in [6, 6.07) is 5.61. The van der Waals surface area contributed by atoms with Crippen LogP contribution >= 0.6 is 7.60 Å². The molecule has 6 nitrogen and oxygen atoms in total. The SMILES string of the molecule is N=C(N)c1ccc(C(N)P(=O)([O-])[O-])cc1. The highest BCUT2D eigenvalue weighted by atomic mass is 31.2. The zero-order valence-corrected chi connectivity index (χ0v) is 8.61. The van der Waals surface area contributed by atoms with Crippen LogP contribution in [0.5, 0.6) is 0 Å². The predicted octanol–water partition coefficient (Wildman–Crippen LogP) is -1.16. The van der Waals surface area contributed by atoms with Gasteiger partial charge in [-0.1, -0.05) is 24.3 Å². The molecule has 1 rings (SSSR count). The molecular weight excluding hydrogens is 217 g/mol. The summed E-state index contributed by atoms with van der Waals surface area (Å²) in [4.78, 5) is 21.3. The number of rotatable bonds is 3. The molecule has 0 fully saturated rings. The largest absolute Gasteiger partial charge is 0.809 e. The van der Waals surface area contributed by atoms with Crippen LogP contribution < -0.4 is 21.3 Å². The molecule has 1 aromatic carbocycles. The maximum absolute atomic E-state index is 10.6. The highest BCUT2D eigenvalue weighted by Gasteiger charge is 2.09. The third-order valence-corrected chi connectivity index (χ3v) is 2.88. The van der Waals surface area contributed by atoms with Crippen molar-refractivity contribution in [1.29, 1.82) is 5.41 Å². The monoisotopic (exact) mass is 227 g/mol. The summed E-state index contributed by atoms with van der Waals surface area (Å²) in [6.45, 7) is 0. The first-order chi connectivity index (χ1) is 6.82. The van der Waals surface area contributed by atoms with Crippen molar-refractivity contribution in [3.63, 3.8) is 0 Å². The number of nitrogens with two attached hydrogens (primary N) is 2. The minimum Gasteiger partial charge on any atom is -0.809 e. The van der Waals surface area contributed by atoms with E-state index in [0.717, 1.165) is 0 Å². The Morgan fingerprint density at radius 1 is 1.33 bits per heavy atom. The van der Waals surface area contributed by atoms with Gasteiger partial charge in [0, 0.05) is 5.56 Å². The van der Waals surface area contributed by atoms with Crippen molar-refractivity contribution in [2.24, 2.45) is 11.5 Å². The van der Waals surface area contributed by atoms with E-state index in [0.29, 0.717) is 5.56 Å². The maximum Gasteiger partial charge on any atom is 0.122 e. The summed E-state index contributed by atoms with van der Waals surface area (Å²) < 4.78 is 10.6. The standard InChI is InChI=1S/C8H12N3O3P/c9-7(10)5-1-3-6(4-2-5)8(11)15(12,13)14/h1-4,8H,11H2,(H3,9,10)(H2,12,13,14)/p-2. The van der Waals surface area contributed by atoms with E-state index in [-0.39, 0.29) is 11.4 Å². The van der Waals surface area contributed by atoms with E-state index in [9.17, 15) is 14.4 Å². The molecule has 0 aliphatic heterocycles. The maximum atomic E-state index is 10.6. The van der Waals surface area contributed by atoms with E-state index in [1.54, 1.807) is 0 Å². The number of benzene rings is 1. The van der Waals surface area contributed by atoms with Crippen molar-refractivity contribution in [3.8, 4) is 0 Å². The van der Waals surface area contributed by atoms with Crippen LogP contribution in [0.1, 0.15) is 16.9 Å². The summed E-state index contributed by atoms with van der Waals surface area (Å²) in [5, 5.41) is 7.10. The molecule has 5 N–H and O–H groups in total. The summed E-state index contributed by atoms with van der Waals surface area (Å²) in [6.07, 6.45) is 0. The highest BCUT2D eigenvalue weighted by Crippen LogP contribution is 2.39. The molecular formula is C8H10N3O3P-2. The van der Waals surface area contributed by atoms with Gasteiger partial charge in [-0.25, -0.2) is 0 Å². The third-order valence-electron chi connectivity index (χ3n) is 1.90. The zero-order valence-electron chi connectivity index (χ0n) is 7.71. The number of nitrogens with one attached hydrogen (secondary N) is 1. The van der Waals surface area contributed by atoms with E-state index in [4.69, 9.17) is 16.9 Å². The van der Waals surface area contributed by atoms with Crippen molar-refractivity contribution in [2.75, 3.05) is 0 Å². The lowest BCUT2D eigenvalue weighted by molar-refractivity contribution is -0.316. The van der Waals surface area contributed by atoms with Gasteiger partial charge >= 0.3 is 0 Å². The average Bonchev–Trinajstić information content (AvgIpc) is 2.15. The average molecular weight is 227 g/mol. The lowest BCUT2D eigenvalue weighted by atomic mass is 10.1. The molecule has 7 heteroatoms. The molecule has 15 heavy (non-hydrogen) atoms. The number of amidine groups is 1. The number of nitrogen functional groups attached to an aromatic ring is 1. The molecule has 82 valence electrons. The van der Waals surface area contributed by atoms with Crippen LogP contribution in [0.2, 0.25) is 0 Å². The molecule has 0 aromatic heterocycles. The molecule has 0 heterocycles. The fourth-order valence-electron chi connectivity index (χ4n) is 1.04. The van der Waals surface area contributed by atoms with E-state index in [1.807, 2.05) is 0 Å². The Kier molecular flexibility index (Phi) is 3.26. The zero-order chi connectivity index (χ0) is 11.6. The van der Waals surface area contributed by atoms with Gasteiger partial charge in [-0.2, -0.15) is 0 Å². The van der Waals surface area contributed by atoms with Crippen LogP contribution in [0.3, 0.4) is 0 Å². The first-order valence-corrected chi connectivity index (χ1v) is 5.65. The van der Waals surface area contributed by atoms with Gasteiger partial charge < -0.3 is 25.8 Å². The summed E-state index contributed by atoms with van der Waals surface area (Å²) in [5.41, 5.74) is 11.1. The van der Waals surface area contributed by atoms with E-state index in [1.165, 1.54) is 24.3 Å². The fraction of sp³-hybridized carbons (Fsp3) is 0.125. The van der Waals surface area contributed by atoms with E-state index >= 15 is 0 Å². The van der Waals surface area contributed by atoms with Crippen molar-refractivity contribution in [2.45, 2.75) is 5.78 Å². The lowest BCUT2D eigenvalue weighted by Gasteiger charge is -2.35. The van der Waals surface area contributed by atoms with Crippen LogP contribution in [0.15, 0.2) is 24.3 Å². The van der Waals surface area contributed by atoms with Gasteiger partial charge in [0.15, 0.2) is 0 Å². The topological polar surface area (TPSA) is 139 Å². The summed E-state index contributed by atoms with van der Waals surface area (Å²) in [7, 11) is -4.82. The molecule has 0 amide bonds. The number of hydrogen-bond donors (Lipinski definition) is 3. The molecule has 0 spiro atoms. The normalized spacial score (nSPS) is 13.5. The first kappa shape index (κ1) is 11.9. The molecule has 0 aliphatic carbocycles. The van der Waals surface area contributed by atoms with Gasteiger partial charge in [-0.15, -0.1) is 0 Å². The van der Waals surface area contributed by atoms with Crippen LogP contribution in [-0.4, -0.2) is 5.84 Å². The van der Waals surface area contributed by atoms with Gasteiger partial charge in [0.25, 0.3) is 0 Å². The number of hydrogen-bond acceptors (Lipinski definition) is 5. The summed E-state index contributed by atoms with van der Waals surface area (Å²) >= 11 is 0. The van der Waals surface area contributed by atoms with Gasteiger partial charge in [-0.05, 0) is 13.2 Å². The molecule has 0 bridgehead atoms. The van der Waals surface area contributed by atoms with Crippen molar-refractivity contribution in [3.05, 3.63) is 35.4 Å². The fourth-order valence-corrected chi connectivity index (χ4v) is 1.58. The first-order valence-electron chi connectivity index (χ1n) is 4.04. The van der Waals surface area contributed by atoms with Crippen molar-refractivity contribution >= 4 is 13.4 Å². The van der Waals surface area contributed by atoms with Gasteiger partial charge in [0.1, 0.15) is 5.84 Å². The predicted molar refractivity (Wildman–Crippen MR) is 52.0 cm³/mol. The van der Waals surface area contributed by atoms with Crippen LogP contribution in [0.25, 0.3) is 0 Å². The minimum absolute atomic E-state index is 0.137. The van der Waals surface area contributed by atoms with Crippen molar-refractivity contribution < 1.29 is 14.4 Å². The van der Waals surface area contributed by atoms with Gasteiger partial charge in [-0.3, -0.25) is 5.41 Å². The van der Waals surface area contributed by atoms with E-state index < -0.39 is 13.4 Å². The molecule has 1 aromatic rings. The van der Waals surface area contributed by atoms with Gasteiger partial charge in [0.2, 0.25) is 0 Å². The molecule has 0 saturated carbocycles. The summed E-state index contributed by atoms with van der Waals surface area (Å²) in [5.74, 6) is -1.69. The highest BCUT2D eigenvalue weighted by molar-refractivity contribution is 7.49. The second-order valence-corrected chi connectivity index (χ2v) is 4.66. The molecule has 0 radical (unpaired) electrons. The molecule has 1 atom stereocenters. The molecule has 1 unspecified atom stereocenters. The Labute approximate surface area is 86.6 Å². The Morgan fingerprint density at radius 3 is 2.13 bits per heavy atom. The van der Waals surface area contributed by atoms with Gasteiger partial charge in [0.05, 0.1) is 5.78 Å². The van der Waals surface area contributed by atoms with Crippen LogP contribution in [0.4, 0.5) is 0 Å². The van der Waals surface area contributed by atoms with Crippen LogP contribution in [-0.2, 0) is 4.57 Å². The third kappa shape index (κ3) is 2.87. The molecule has 0 aliphatic rings. The van der Waals surface area contributed by atoms with Crippen molar-refractivity contribution in [1.82, 2.24) is 0 Å². The Hall–Kier alpha value is -1.20. The molecule has 0 saturated heterocycles.